The maximum atomic E-state index is 10.1. The monoisotopic (exact) mass is 128 g/mol. The summed E-state index contributed by atoms with van der Waals surface area (Å²) in [6, 6.07) is -2.70. The number of nitrogens with two attached hydrogens (primary N) is 1. The van der Waals surface area contributed by atoms with Crippen molar-refractivity contribution in [1.29, 1.82) is 0 Å². The number of aliphatic carboxylic acids is 1. The van der Waals surface area contributed by atoms with E-state index in [1.807, 2.05) is 0 Å². The van der Waals surface area contributed by atoms with Gasteiger partial charge < -0.3 is 10.8 Å². The van der Waals surface area contributed by atoms with E-state index >= 15 is 0 Å². The Morgan fingerprint density at radius 1 is 2.43 bits per heavy atom. The first kappa shape index (κ1) is 2.94. The number of carboxylic acids is 1. The van der Waals surface area contributed by atoms with Gasteiger partial charge in [0.15, 0.2) is 0 Å². The fourth-order valence-electron chi connectivity index (χ4n) is 0.0478. The van der Waals surface area contributed by atoms with Gasteiger partial charge in [-0.15, -0.1) is 0 Å². The minimum atomic E-state index is -2.70. The normalized spacial score (nSPS) is 26.3. The smallest absolute Gasteiger partial charge is 0.321 e. The lowest BCUT2D eigenvalue weighted by Gasteiger charge is -1.96. The second kappa shape index (κ2) is 2.87. The van der Waals surface area contributed by atoms with E-state index in [1.54, 1.807) is 0 Å². The molecule has 0 bridgehead atoms. The van der Waals surface area contributed by atoms with Crippen LogP contribution in [0.2, 0.25) is 0 Å². The molecule has 3 nitrogen and oxygen atoms in total. The van der Waals surface area contributed by atoms with Crippen LogP contribution in [0.3, 0.4) is 0 Å². The maximum absolute atomic E-state index is 10.1. The summed E-state index contributed by atoms with van der Waals surface area (Å²) in [4.78, 5) is 10.1. The van der Waals surface area contributed by atoms with E-state index < -0.39 is 17.7 Å². The lowest BCUT2D eigenvalue weighted by molar-refractivity contribution is -0.137. The van der Waals surface area contributed by atoms with Crippen molar-refractivity contribution in [3.8, 4) is 0 Å². The van der Waals surface area contributed by atoms with Crippen LogP contribution in [-0.2, 0) is 4.79 Å². The summed E-state index contributed by atoms with van der Waals surface area (Å²) in [5, 5.41) is 8.18. The minimum Gasteiger partial charge on any atom is -0.480 e. The van der Waals surface area contributed by atoms with Crippen LogP contribution in [-0.4, -0.2) is 22.8 Å². The number of hydrogen-bond acceptors (Lipinski definition) is 3. The summed E-state index contributed by atoms with van der Waals surface area (Å²) < 4.78 is 20.2. The molecule has 1 atom stereocenters. The van der Waals surface area contributed by atoms with Gasteiger partial charge in [-0.25, -0.2) is 0 Å². The van der Waals surface area contributed by atoms with Gasteiger partial charge in [-0.2, -0.15) is 12.6 Å². The third-order valence-corrected chi connectivity index (χ3v) is 0.592. The third kappa shape index (κ3) is 2.47. The van der Waals surface area contributed by atoms with Crippen LogP contribution in [0.4, 0.5) is 0 Å². The molecule has 0 rings (SSSR count). The fraction of sp³-hybridized carbons (Fsp3) is 0.667. The molecule has 0 aromatic carbocycles. The van der Waals surface area contributed by atoms with Crippen LogP contribution >= 0.6 is 12.6 Å². The van der Waals surface area contributed by atoms with Crippen molar-refractivity contribution in [2.24, 2.45) is 5.73 Å². The summed E-state index contributed by atoms with van der Waals surface area (Å²) in [5.41, 5.74) is 2.21. The SMILES string of the molecule is [2H][13C]([2H])(S)[13C@]([2H])([15NH2])[13C](=O)O. The minimum absolute atomic E-state index is 1.74. The summed E-state index contributed by atoms with van der Waals surface area (Å²) in [5.74, 6) is -1.74. The predicted octanol–water partition coefficient (Wildman–Crippen LogP) is -0.672. The quantitative estimate of drug-likeness (QED) is 0.262. The molecule has 0 aromatic rings. The number of rotatable bonds is 2. The Kier molecular flexibility index (Phi) is 1.21. The van der Waals surface area contributed by atoms with Crippen molar-refractivity contribution < 1.29 is 14.0 Å². The largest absolute Gasteiger partial charge is 0.480 e. The summed E-state index contributed by atoms with van der Waals surface area (Å²) in [6.07, 6.45) is 0. The summed E-state index contributed by atoms with van der Waals surface area (Å²) in [7, 11) is 0. The van der Waals surface area contributed by atoms with Gasteiger partial charge in [0.05, 0.1) is 1.37 Å². The molecular weight excluding hydrogens is 118 g/mol. The molecule has 42 valence electrons. The molecule has 0 spiro atoms. The zero-order valence-corrected chi connectivity index (χ0v) is 4.27. The van der Waals surface area contributed by atoms with Crippen LogP contribution in [0.25, 0.3) is 0 Å². The Labute approximate surface area is 51.1 Å². The van der Waals surface area contributed by atoms with Crippen molar-refractivity contribution in [2.75, 3.05) is 5.70 Å². The van der Waals surface area contributed by atoms with Crippen LogP contribution in [0.5, 0.6) is 0 Å². The lowest BCUT2D eigenvalue weighted by atomic mass is 11.4. The molecule has 0 saturated carbocycles. The van der Waals surface area contributed by atoms with Crippen molar-refractivity contribution in [2.45, 2.75) is 6.02 Å². The molecule has 0 radical (unpaired) electrons. The van der Waals surface area contributed by atoms with Gasteiger partial charge in [-0.05, 0) is 0 Å². The molecule has 0 saturated heterocycles. The van der Waals surface area contributed by atoms with Crippen molar-refractivity contribution in [3.63, 3.8) is 0 Å². The Balaban J connectivity index is 4.57. The molecule has 0 heterocycles. The van der Waals surface area contributed by atoms with E-state index in [1.165, 1.54) is 0 Å². The molecule has 0 fully saturated rings. The molecule has 0 unspecified atom stereocenters. The lowest BCUT2D eigenvalue weighted by Crippen LogP contribution is -2.31. The molecule has 0 aliphatic carbocycles. The van der Waals surface area contributed by atoms with Gasteiger partial charge in [-0.3, -0.25) is 4.79 Å². The first-order valence-corrected chi connectivity index (χ1v) is 1.89. The topological polar surface area (TPSA) is 63.3 Å². The number of carbonyl (C=O) groups is 1. The van der Waals surface area contributed by atoms with E-state index in [-0.39, 0.29) is 0 Å². The zero-order valence-electron chi connectivity index (χ0n) is 6.38. The average molecular weight is 128 g/mol. The first-order chi connectivity index (χ1) is 4.19. The molecule has 0 amide bonds. The summed E-state index contributed by atoms with van der Waals surface area (Å²) >= 11 is 3.21. The second-order valence-corrected chi connectivity index (χ2v) is 1.05. The molecule has 0 aromatic heterocycles. The van der Waals surface area contributed by atoms with E-state index in [9.17, 15) is 4.79 Å². The van der Waals surface area contributed by atoms with Crippen LogP contribution in [0, 0.1) is 0 Å². The predicted molar refractivity (Wildman–Crippen MR) is 29.5 cm³/mol. The van der Waals surface area contributed by atoms with Gasteiger partial charge in [0.1, 0.15) is 6.02 Å². The van der Waals surface area contributed by atoms with Crippen LogP contribution in [0.15, 0.2) is 0 Å². The van der Waals surface area contributed by atoms with Gasteiger partial charge in [0.2, 0.25) is 0 Å². The first-order valence-electron chi connectivity index (χ1n) is 2.94. The van der Waals surface area contributed by atoms with Gasteiger partial charge in [0.25, 0.3) is 0 Å². The van der Waals surface area contributed by atoms with Crippen molar-refractivity contribution in [1.82, 2.24) is 0 Å². The highest BCUT2D eigenvalue weighted by Crippen LogP contribution is 1.80. The van der Waals surface area contributed by atoms with Gasteiger partial charge in [0, 0.05) is 8.45 Å². The number of carboxylic acid groups (broad SMARTS) is 1. The molecule has 4 heteroatoms. The molecule has 7 heavy (non-hydrogen) atoms. The van der Waals surface area contributed by atoms with E-state index in [2.05, 4.69) is 12.6 Å². The highest BCUT2D eigenvalue weighted by Gasteiger charge is 2.06. The Morgan fingerprint density at radius 3 is 2.86 bits per heavy atom. The van der Waals surface area contributed by atoms with Crippen LogP contribution in [0.1, 0.15) is 4.11 Å². The fourth-order valence-corrected chi connectivity index (χ4v) is 0.143. The Bertz CT molecular complexity index is 154. The number of thiol groups is 1. The molecule has 0 aliphatic heterocycles. The second-order valence-electron chi connectivity index (χ2n) is 0.831. The van der Waals surface area contributed by atoms with Crippen LogP contribution < -0.4 is 5.73 Å². The molecular formula is C3H7NO2S. The zero-order chi connectivity index (χ0) is 8.58. The standard InChI is InChI=1S/C3H7NO2S/c4-2(1-7)3(5)6/h2,7H,1,4H2,(H,5,6)/t2-/m0/s1/i1+1D2,2+1D,3+1,4+1. The van der Waals surface area contributed by atoms with Gasteiger partial charge in [-0.1, -0.05) is 0 Å². The molecule has 3 N–H and O–H groups in total. The Hall–Kier alpha value is -0.220. The number of hydrogen-bond donors (Lipinski definition) is 3. The maximum Gasteiger partial charge on any atom is 0.321 e. The summed E-state index contributed by atoms with van der Waals surface area (Å²) in [6.45, 7) is 0. The Morgan fingerprint density at radius 2 is 2.86 bits per heavy atom. The average Bonchev–Trinajstić information content (AvgIpc) is 1.62. The van der Waals surface area contributed by atoms with Crippen molar-refractivity contribution in [3.05, 3.63) is 0 Å². The third-order valence-electron chi connectivity index (χ3n) is 0.351. The highest BCUT2D eigenvalue weighted by molar-refractivity contribution is 7.80. The highest BCUT2D eigenvalue weighted by atomic mass is 32.1. The van der Waals surface area contributed by atoms with E-state index in [0.717, 1.165) is 0 Å². The van der Waals surface area contributed by atoms with E-state index in [0.29, 0.717) is 0 Å². The van der Waals surface area contributed by atoms with Crippen molar-refractivity contribution >= 4 is 18.6 Å². The van der Waals surface area contributed by atoms with Gasteiger partial charge >= 0.3 is 5.97 Å². The van der Waals surface area contributed by atoms with E-state index in [4.69, 9.17) is 15.0 Å². The molecule has 0 aliphatic rings.